The smallest absolute Gasteiger partial charge is 0.253 e. The van der Waals surface area contributed by atoms with Gasteiger partial charge in [-0.3, -0.25) is 9.59 Å². The van der Waals surface area contributed by atoms with Crippen LogP contribution >= 0.6 is 0 Å². The first kappa shape index (κ1) is 22.4. The van der Waals surface area contributed by atoms with E-state index in [1.54, 1.807) is 30.0 Å². The van der Waals surface area contributed by atoms with Crippen LogP contribution in [-0.4, -0.2) is 74.0 Å². The highest BCUT2D eigenvalue weighted by atomic mass is 32.2. The number of amides is 2. The average molecular weight is 463 g/mol. The fourth-order valence-electron chi connectivity index (χ4n) is 3.89. The Hall–Kier alpha value is -2.76. The van der Waals surface area contributed by atoms with Gasteiger partial charge in [-0.2, -0.15) is 4.31 Å². The Morgan fingerprint density at radius 3 is 2.31 bits per heavy atom. The van der Waals surface area contributed by atoms with Crippen LogP contribution in [0.5, 0.6) is 0 Å². The minimum absolute atomic E-state index is 0.136. The number of morpholine rings is 1. The molecular weight excluding hydrogens is 436 g/mol. The predicted octanol–water partition coefficient (Wildman–Crippen LogP) is 1.49. The molecule has 0 bridgehead atoms. The van der Waals surface area contributed by atoms with Crippen LogP contribution in [0.4, 0.5) is 5.82 Å². The lowest BCUT2D eigenvalue weighted by Crippen LogP contribution is -2.41. The summed E-state index contributed by atoms with van der Waals surface area (Å²) in [5.41, 5.74) is 0.423. The maximum atomic E-state index is 12.9. The first-order valence-corrected chi connectivity index (χ1v) is 12.0. The first-order chi connectivity index (χ1) is 15.3. The monoisotopic (exact) mass is 462 g/mol. The van der Waals surface area contributed by atoms with Crippen molar-refractivity contribution in [3.63, 3.8) is 0 Å². The van der Waals surface area contributed by atoms with E-state index in [-0.39, 0.29) is 22.6 Å². The van der Waals surface area contributed by atoms with Crippen LogP contribution in [0.15, 0.2) is 39.8 Å². The van der Waals surface area contributed by atoms with Gasteiger partial charge in [-0.15, -0.1) is 0 Å². The third-order valence-electron chi connectivity index (χ3n) is 5.74. The molecule has 2 amide bonds. The van der Waals surface area contributed by atoms with E-state index in [2.05, 4.69) is 10.5 Å². The summed E-state index contributed by atoms with van der Waals surface area (Å²) in [5.74, 6) is 0.481. The number of anilines is 1. The molecule has 2 aliphatic rings. The Bertz CT molecular complexity index is 1070. The van der Waals surface area contributed by atoms with Gasteiger partial charge in [0, 0.05) is 43.7 Å². The molecule has 172 valence electrons. The molecule has 0 spiro atoms. The van der Waals surface area contributed by atoms with Gasteiger partial charge < -0.3 is 19.5 Å². The molecule has 10 nitrogen and oxygen atoms in total. The zero-order valence-electron chi connectivity index (χ0n) is 17.8. The number of carbonyl (C=O) groups excluding carboxylic acids is 2. The van der Waals surface area contributed by atoms with Crippen LogP contribution in [0.3, 0.4) is 0 Å². The van der Waals surface area contributed by atoms with Gasteiger partial charge in [0.1, 0.15) is 5.76 Å². The molecule has 2 aromatic rings. The van der Waals surface area contributed by atoms with E-state index in [1.807, 2.05) is 0 Å². The zero-order valence-corrected chi connectivity index (χ0v) is 18.6. The molecule has 2 aliphatic heterocycles. The molecule has 11 heteroatoms. The standard InChI is InChI=1S/C21H26N4O6S/c1-15-14-19(23-31-15)22-20(26)16-6-8-24(9-7-16)21(27)17-2-4-18(5-3-17)32(28,29)25-10-12-30-13-11-25/h2-5,14,16H,6-13H2,1H3,(H,22,23,26). The summed E-state index contributed by atoms with van der Waals surface area (Å²) in [6.45, 7) is 4.04. The fourth-order valence-corrected chi connectivity index (χ4v) is 5.29. The number of nitrogens with zero attached hydrogens (tertiary/aromatic N) is 3. The van der Waals surface area contributed by atoms with Gasteiger partial charge in [0.2, 0.25) is 15.9 Å². The molecular formula is C21H26N4O6S. The Labute approximate surface area is 186 Å². The lowest BCUT2D eigenvalue weighted by molar-refractivity contribution is -0.121. The summed E-state index contributed by atoms with van der Waals surface area (Å²) in [5, 5.41) is 6.50. The first-order valence-electron chi connectivity index (χ1n) is 10.6. The van der Waals surface area contributed by atoms with Gasteiger partial charge in [0.15, 0.2) is 5.82 Å². The highest BCUT2D eigenvalue weighted by Crippen LogP contribution is 2.22. The second kappa shape index (κ2) is 9.39. The van der Waals surface area contributed by atoms with Crippen molar-refractivity contribution < 1.29 is 27.3 Å². The molecule has 1 aromatic heterocycles. The lowest BCUT2D eigenvalue weighted by Gasteiger charge is -2.31. The lowest BCUT2D eigenvalue weighted by atomic mass is 9.95. The topological polar surface area (TPSA) is 122 Å². The van der Waals surface area contributed by atoms with E-state index < -0.39 is 10.0 Å². The second-order valence-electron chi connectivity index (χ2n) is 7.92. The van der Waals surface area contributed by atoms with Gasteiger partial charge in [-0.25, -0.2) is 8.42 Å². The van der Waals surface area contributed by atoms with Crippen molar-refractivity contribution in [3.05, 3.63) is 41.7 Å². The third kappa shape index (κ3) is 4.84. The number of likely N-dealkylation sites (tertiary alicyclic amines) is 1. The molecule has 32 heavy (non-hydrogen) atoms. The summed E-state index contributed by atoms with van der Waals surface area (Å²) in [7, 11) is -3.60. The van der Waals surface area contributed by atoms with Crippen LogP contribution in [0, 0.1) is 12.8 Å². The zero-order chi connectivity index (χ0) is 22.7. The van der Waals surface area contributed by atoms with Crippen molar-refractivity contribution >= 4 is 27.7 Å². The van der Waals surface area contributed by atoms with Crippen molar-refractivity contribution in [3.8, 4) is 0 Å². The Morgan fingerprint density at radius 2 is 1.72 bits per heavy atom. The number of hydrogen-bond donors (Lipinski definition) is 1. The highest BCUT2D eigenvalue weighted by Gasteiger charge is 2.29. The van der Waals surface area contributed by atoms with E-state index in [0.29, 0.717) is 69.4 Å². The molecule has 0 radical (unpaired) electrons. The SMILES string of the molecule is Cc1cc(NC(=O)C2CCN(C(=O)c3ccc(S(=O)(=O)N4CCOCC4)cc3)CC2)no1. The Balaban J connectivity index is 1.33. The van der Waals surface area contributed by atoms with Crippen LogP contribution in [0.2, 0.25) is 0 Å². The molecule has 1 N–H and O–H groups in total. The van der Waals surface area contributed by atoms with E-state index in [9.17, 15) is 18.0 Å². The molecule has 2 saturated heterocycles. The predicted molar refractivity (Wildman–Crippen MR) is 115 cm³/mol. The van der Waals surface area contributed by atoms with Crippen molar-refractivity contribution in [2.75, 3.05) is 44.7 Å². The van der Waals surface area contributed by atoms with Crippen molar-refractivity contribution in [2.45, 2.75) is 24.7 Å². The highest BCUT2D eigenvalue weighted by molar-refractivity contribution is 7.89. The summed E-state index contributed by atoms with van der Waals surface area (Å²) in [4.78, 5) is 27.1. The molecule has 3 heterocycles. The van der Waals surface area contributed by atoms with E-state index in [4.69, 9.17) is 9.26 Å². The maximum Gasteiger partial charge on any atom is 0.253 e. The summed E-state index contributed by atoms with van der Waals surface area (Å²) in [6, 6.07) is 7.68. The van der Waals surface area contributed by atoms with Gasteiger partial charge in [0.05, 0.1) is 18.1 Å². The number of nitrogens with one attached hydrogen (secondary N) is 1. The normalized spacial score (nSPS) is 18.5. The Morgan fingerprint density at radius 1 is 1.06 bits per heavy atom. The van der Waals surface area contributed by atoms with Crippen LogP contribution in [-0.2, 0) is 19.6 Å². The molecule has 1 aromatic carbocycles. The van der Waals surface area contributed by atoms with Crippen molar-refractivity contribution in [1.82, 2.24) is 14.4 Å². The maximum absolute atomic E-state index is 12.9. The number of sulfonamides is 1. The number of ether oxygens (including phenoxy) is 1. The second-order valence-corrected chi connectivity index (χ2v) is 9.86. The number of carbonyl (C=O) groups is 2. The van der Waals surface area contributed by atoms with Crippen LogP contribution in [0.25, 0.3) is 0 Å². The number of benzene rings is 1. The van der Waals surface area contributed by atoms with Crippen molar-refractivity contribution in [2.24, 2.45) is 5.92 Å². The molecule has 0 aliphatic carbocycles. The van der Waals surface area contributed by atoms with Gasteiger partial charge in [0.25, 0.3) is 5.91 Å². The van der Waals surface area contributed by atoms with Crippen molar-refractivity contribution in [1.29, 1.82) is 0 Å². The Kier molecular flexibility index (Phi) is 6.58. The van der Waals surface area contributed by atoms with E-state index in [1.165, 1.54) is 16.4 Å². The van der Waals surface area contributed by atoms with Gasteiger partial charge in [-0.1, -0.05) is 5.16 Å². The number of piperidine rings is 1. The molecule has 0 unspecified atom stereocenters. The van der Waals surface area contributed by atoms with Crippen LogP contribution in [0.1, 0.15) is 29.0 Å². The third-order valence-corrected chi connectivity index (χ3v) is 7.65. The average Bonchev–Trinajstić information content (AvgIpc) is 3.23. The number of aromatic nitrogens is 1. The minimum atomic E-state index is -3.60. The minimum Gasteiger partial charge on any atom is -0.379 e. The van der Waals surface area contributed by atoms with Crippen LogP contribution < -0.4 is 5.32 Å². The van der Waals surface area contributed by atoms with E-state index >= 15 is 0 Å². The van der Waals surface area contributed by atoms with Gasteiger partial charge in [-0.05, 0) is 44.0 Å². The number of aryl methyl sites for hydroxylation is 1. The largest absolute Gasteiger partial charge is 0.379 e. The van der Waals surface area contributed by atoms with Gasteiger partial charge >= 0.3 is 0 Å². The quantitative estimate of drug-likeness (QED) is 0.714. The molecule has 4 rings (SSSR count). The summed E-state index contributed by atoms with van der Waals surface area (Å²) < 4.78 is 37.0. The fraction of sp³-hybridized carbons (Fsp3) is 0.476. The summed E-state index contributed by atoms with van der Waals surface area (Å²) >= 11 is 0. The molecule has 0 saturated carbocycles. The molecule has 2 fully saturated rings. The number of rotatable bonds is 5. The number of hydrogen-bond acceptors (Lipinski definition) is 7. The summed E-state index contributed by atoms with van der Waals surface area (Å²) in [6.07, 6.45) is 1.08. The molecule has 0 atom stereocenters. The van der Waals surface area contributed by atoms with E-state index in [0.717, 1.165) is 0 Å².